The van der Waals surface area contributed by atoms with Crippen LogP contribution in [0.15, 0.2) is 103 Å². The first kappa shape index (κ1) is 26.0. The maximum absolute atomic E-state index is 13.0. The van der Waals surface area contributed by atoms with Gasteiger partial charge in [0.25, 0.3) is 0 Å². The van der Waals surface area contributed by atoms with Crippen LogP contribution in [0.3, 0.4) is 0 Å². The molecule has 0 radical (unpaired) electrons. The predicted molar refractivity (Wildman–Crippen MR) is 157 cm³/mol. The molecule has 0 aliphatic heterocycles. The minimum Gasteiger partial charge on any atom is -0.457 e. The highest BCUT2D eigenvalue weighted by atomic mass is 16.5. The van der Waals surface area contributed by atoms with Gasteiger partial charge in [-0.25, -0.2) is 0 Å². The van der Waals surface area contributed by atoms with Crippen LogP contribution in [0.5, 0.6) is 11.5 Å². The number of carbonyl (C=O) groups excluding carboxylic acids is 1. The van der Waals surface area contributed by atoms with Gasteiger partial charge in [-0.3, -0.25) is 4.79 Å². The maximum Gasteiger partial charge on any atom is 0.196 e. The van der Waals surface area contributed by atoms with Crippen LogP contribution in [0.1, 0.15) is 85.7 Å². The molecule has 38 heavy (non-hydrogen) atoms. The van der Waals surface area contributed by atoms with Crippen molar-refractivity contribution in [1.29, 1.82) is 0 Å². The van der Waals surface area contributed by atoms with Crippen molar-refractivity contribution < 1.29 is 9.53 Å². The lowest BCUT2D eigenvalue weighted by atomic mass is 9.77. The van der Waals surface area contributed by atoms with Gasteiger partial charge in [-0.05, 0) is 78.5 Å². The molecule has 0 saturated heterocycles. The third-order valence-corrected chi connectivity index (χ3v) is 8.03. The Labute approximate surface area is 227 Å². The van der Waals surface area contributed by atoms with Crippen LogP contribution in [0, 0.1) is 5.92 Å². The van der Waals surface area contributed by atoms with E-state index in [1.54, 1.807) is 0 Å². The molecular formula is C36H38O2. The zero-order valence-corrected chi connectivity index (χ0v) is 22.4. The second-order valence-electron chi connectivity index (χ2n) is 10.7. The molecule has 1 saturated carbocycles. The van der Waals surface area contributed by atoms with Crippen molar-refractivity contribution in [2.75, 3.05) is 0 Å². The van der Waals surface area contributed by atoms with Crippen LogP contribution in [0.4, 0.5) is 0 Å². The minimum atomic E-state index is -0.0390. The highest BCUT2D eigenvalue weighted by Gasteiger charge is 2.22. The van der Waals surface area contributed by atoms with Crippen molar-refractivity contribution in [1.82, 2.24) is 0 Å². The minimum absolute atomic E-state index is 0.0390. The van der Waals surface area contributed by atoms with Gasteiger partial charge in [-0.2, -0.15) is 0 Å². The summed E-state index contributed by atoms with van der Waals surface area (Å²) < 4.78 is 6.16. The monoisotopic (exact) mass is 502 g/mol. The Balaban J connectivity index is 1.21. The molecule has 2 heteroatoms. The summed E-state index contributed by atoms with van der Waals surface area (Å²) in [6.45, 7) is 2.29. The first-order chi connectivity index (χ1) is 18.7. The molecule has 194 valence electrons. The number of unbranched alkanes of at least 4 members (excludes halogenated alkanes) is 2. The topological polar surface area (TPSA) is 26.3 Å². The van der Waals surface area contributed by atoms with Gasteiger partial charge in [0.05, 0.1) is 5.56 Å². The first-order valence-electron chi connectivity index (χ1n) is 14.3. The van der Waals surface area contributed by atoms with Crippen LogP contribution in [0.2, 0.25) is 0 Å². The van der Waals surface area contributed by atoms with Crippen molar-refractivity contribution in [2.24, 2.45) is 5.92 Å². The normalized spacial score (nSPS) is 17.2. The van der Waals surface area contributed by atoms with E-state index < -0.39 is 0 Å². The number of ether oxygens (including phenoxy) is 1. The molecule has 4 aromatic rings. The van der Waals surface area contributed by atoms with E-state index in [-0.39, 0.29) is 5.78 Å². The zero-order valence-electron chi connectivity index (χ0n) is 22.4. The Bertz CT molecular complexity index is 1300. The Morgan fingerprint density at radius 2 is 1.34 bits per heavy atom. The van der Waals surface area contributed by atoms with Gasteiger partial charge in [0.2, 0.25) is 0 Å². The lowest BCUT2D eigenvalue weighted by Crippen LogP contribution is -2.13. The molecule has 1 aliphatic rings. The van der Waals surface area contributed by atoms with Gasteiger partial charge in [-0.15, -0.1) is 0 Å². The van der Waals surface area contributed by atoms with Gasteiger partial charge < -0.3 is 4.74 Å². The molecule has 0 spiro atoms. The van der Waals surface area contributed by atoms with Crippen LogP contribution >= 0.6 is 0 Å². The molecule has 4 aromatic carbocycles. The van der Waals surface area contributed by atoms with Crippen molar-refractivity contribution in [3.05, 3.63) is 120 Å². The lowest BCUT2D eigenvalue weighted by Gasteiger charge is -2.29. The van der Waals surface area contributed by atoms with Gasteiger partial charge in [0.15, 0.2) is 5.78 Å². The number of carbonyl (C=O) groups is 1. The van der Waals surface area contributed by atoms with Crippen molar-refractivity contribution in [3.8, 4) is 22.6 Å². The third-order valence-electron chi connectivity index (χ3n) is 8.03. The zero-order chi connectivity index (χ0) is 26.2. The average molecular weight is 503 g/mol. The summed E-state index contributed by atoms with van der Waals surface area (Å²) in [6.07, 6.45) is 11.0. The van der Waals surface area contributed by atoms with Crippen molar-refractivity contribution >= 4 is 5.78 Å². The fourth-order valence-corrected chi connectivity index (χ4v) is 5.75. The Morgan fingerprint density at radius 3 is 2.03 bits per heavy atom. The Morgan fingerprint density at radius 1 is 0.711 bits per heavy atom. The van der Waals surface area contributed by atoms with Crippen LogP contribution in [-0.4, -0.2) is 5.78 Å². The van der Waals surface area contributed by atoms with Crippen molar-refractivity contribution in [3.63, 3.8) is 0 Å². The fourth-order valence-electron chi connectivity index (χ4n) is 5.75. The van der Waals surface area contributed by atoms with E-state index in [1.165, 1.54) is 62.5 Å². The van der Waals surface area contributed by atoms with E-state index in [0.717, 1.165) is 17.2 Å². The largest absolute Gasteiger partial charge is 0.457 e. The SMILES string of the molecule is CCCCC[C@H]1CC[C@H](c2ccc(-c3ccc(Oc4ccccc4C(=O)c4ccccc4)cc3)cc2)CC1. The van der Waals surface area contributed by atoms with Crippen LogP contribution in [0.25, 0.3) is 11.1 Å². The molecule has 0 atom stereocenters. The summed E-state index contributed by atoms with van der Waals surface area (Å²) in [5.41, 5.74) is 5.08. The van der Waals surface area contributed by atoms with Gasteiger partial charge >= 0.3 is 0 Å². The molecule has 1 aliphatic carbocycles. The molecule has 0 unspecified atom stereocenters. The molecule has 1 fully saturated rings. The number of benzene rings is 4. The van der Waals surface area contributed by atoms with E-state index >= 15 is 0 Å². The van der Waals surface area contributed by atoms with E-state index in [0.29, 0.717) is 22.8 Å². The second kappa shape index (κ2) is 12.7. The summed E-state index contributed by atoms with van der Waals surface area (Å²) in [7, 11) is 0. The van der Waals surface area contributed by atoms with Gasteiger partial charge in [0.1, 0.15) is 11.5 Å². The average Bonchev–Trinajstić information content (AvgIpc) is 2.99. The van der Waals surface area contributed by atoms with Gasteiger partial charge in [0, 0.05) is 5.56 Å². The van der Waals surface area contributed by atoms with E-state index in [9.17, 15) is 4.79 Å². The Hall–Kier alpha value is -3.65. The van der Waals surface area contributed by atoms with Crippen LogP contribution < -0.4 is 4.74 Å². The third kappa shape index (κ3) is 6.42. The molecule has 0 heterocycles. The van der Waals surface area contributed by atoms with E-state index in [1.807, 2.05) is 66.7 Å². The van der Waals surface area contributed by atoms with E-state index in [2.05, 4.69) is 43.3 Å². The molecule has 0 amide bonds. The molecule has 0 N–H and O–H groups in total. The quantitative estimate of drug-likeness (QED) is 0.159. The summed E-state index contributed by atoms with van der Waals surface area (Å²) in [4.78, 5) is 13.0. The highest BCUT2D eigenvalue weighted by molar-refractivity contribution is 6.10. The summed E-state index contributed by atoms with van der Waals surface area (Å²) in [5.74, 6) is 2.90. The smallest absolute Gasteiger partial charge is 0.196 e. The first-order valence-corrected chi connectivity index (χ1v) is 14.3. The molecule has 0 bridgehead atoms. The molecule has 5 rings (SSSR count). The number of hydrogen-bond donors (Lipinski definition) is 0. The predicted octanol–water partition coefficient (Wildman–Crippen LogP) is 10.2. The standard InChI is InChI=1S/C36H38O2/c1-2-3-5-10-27-15-17-28(18-16-27)29-19-21-30(22-20-29)31-23-25-33(26-24-31)38-35-14-9-8-13-34(35)36(37)32-11-6-4-7-12-32/h4,6-9,11-14,19-28H,2-3,5,10,15-18H2,1H3/t27-,28-. The number of ketones is 1. The number of para-hydroxylation sites is 1. The Kier molecular flexibility index (Phi) is 8.71. The molecular weight excluding hydrogens is 464 g/mol. The molecule has 0 aromatic heterocycles. The van der Waals surface area contributed by atoms with Crippen LogP contribution in [-0.2, 0) is 0 Å². The summed E-state index contributed by atoms with van der Waals surface area (Å²) >= 11 is 0. The van der Waals surface area contributed by atoms with Crippen molar-refractivity contribution in [2.45, 2.75) is 64.2 Å². The van der Waals surface area contributed by atoms with Gasteiger partial charge in [-0.1, -0.05) is 111 Å². The molecule has 2 nitrogen and oxygen atoms in total. The van der Waals surface area contributed by atoms with E-state index in [4.69, 9.17) is 4.74 Å². The number of rotatable bonds is 10. The summed E-state index contributed by atoms with van der Waals surface area (Å²) in [6, 6.07) is 34.1. The fraction of sp³-hybridized carbons (Fsp3) is 0.306. The number of hydrogen-bond acceptors (Lipinski definition) is 2. The second-order valence-corrected chi connectivity index (χ2v) is 10.7. The lowest BCUT2D eigenvalue weighted by molar-refractivity contribution is 0.103. The summed E-state index contributed by atoms with van der Waals surface area (Å²) in [5, 5.41) is 0. The maximum atomic E-state index is 13.0. The highest BCUT2D eigenvalue weighted by Crippen LogP contribution is 2.38.